The molecule has 1 aliphatic rings. The van der Waals surface area contributed by atoms with Crippen LogP contribution in [0.1, 0.15) is 54.9 Å². The van der Waals surface area contributed by atoms with Crippen molar-refractivity contribution < 1.29 is 19.1 Å². The summed E-state index contributed by atoms with van der Waals surface area (Å²) in [7, 11) is 1.61. The highest BCUT2D eigenvalue weighted by Gasteiger charge is 2.29. The van der Waals surface area contributed by atoms with Gasteiger partial charge in [-0.15, -0.1) is 0 Å². The van der Waals surface area contributed by atoms with Crippen molar-refractivity contribution in [1.82, 2.24) is 10.2 Å². The molecule has 0 heterocycles. The molecule has 2 amide bonds. The van der Waals surface area contributed by atoms with Crippen LogP contribution in [-0.2, 0) is 16.1 Å². The third kappa shape index (κ3) is 6.50. The summed E-state index contributed by atoms with van der Waals surface area (Å²) in [5.41, 5.74) is 4.11. The van der Waals surface area contributed by atoms with Gasteiger partial charge in [0, 0.05) is 12.6 Å². The van der Waals surface area contributed by atoms with Crippen molar-refractivity contribution in [2.24, 2.45) is 0 Å². The number of rotatable bonds is 9. The van der Waals surface area contributed by atoms with Crippen LogP contribution in [0.15, 0.2) is 36.4 Å². The Hall–Kier alpha value is -3.02. The Kier molecular flexibility index (Phi) is 8.37. The Morgan fingerprint density at radius 2 is 1.85 bits per heavy atom. The highest BCUT2D eigenvalue weighted by Crippen LogP contribution is 2.24. The summed E-state index contributed by atoms with van der Waals surface area (Å²) in [5.74, 6) is 1.06. The number of benzene rings is 2. The third-order valence-corrected chi connectivity index (χ3v) is 6.47. The van der Waals surface area contributed by atoms with Crippen LogP contribution in [0.5, 0.6) is 11.5 Å². The molecule has 33 heavy (non-hydrogen) atoms. The van der Waals surface area contributed by atoms with Gasteiger partial charge in [0.1, 0.15) is 17.5 Å². The molecule has 178 valence electrons. The van der Waals surface area contributed by atoms with Crippen LogP contribution in [-0.4, -0.2) is 42.5 Å². The largest absolute Gasteiger partial charge is 0.497 e. The number of amides is 2. The van der Waals surface area contributed by atoms with Gasteiger partial charge in [0.2, 0.25) is 5.91 Å². The fraction of sp³-hybridized carbons (Fsp3) is 0.481. The van der Waals surface area contributed by atoms with E-state index in [9.17, 15) is 9.59 Å². The zero-order valence-electron chi connectivity index (χ0n) is 20.4. The number of nitrogens with one attached hydrogen (secondary N) is 1. The maximum absolute atomic E-state index is 13.3. The standard InChI is InChI=1S/C27H36N2O4/c1-18-13-19(2)20(3)25(14-18)33-17-26(30)29(16-22-9-8-12-24(15-22)32-5)21(4)27(31)28-23-10-6-7-11-23/h8-9,12-15,21,23H,6-7,10-11,16-17H2,1-5H3,(H,28,31). The van der Waals surface area contributed by atoms with Gasteiger partial charge in [0.15, 0.2) is 6.61 Å². The van der Waals surface area contributed by atoms with Crippen LogP contribution in [0.2, 0.25) is 0 Å². The van der Waals surface area contributed by atoms with E-state index < -0.39 is 6.04 Å². The molecule has 6 heteroatoms. The highest BCUT2D eigenvalue weighted by atomic mass is 16.5. The monoisotopic (exact) mass is 452 g/mol. The van der Waals surface area contributed by atoms with Crippen molar-refractivity contribution >= 4 is 11.8 Å². The van der Waals surface area contributed by atoms with Gasteiger partial charge in [-0.25, -0.2) is 0 Å². The van der Waals surface area contributed by atoms with Gasteiger partial charge in [-0.2, -0.15) is 0 Å². The summed E-state index contributed by atoms with van der Waals surface area (Å²) < 4.78 is 11.3. The molecule has 1 saturated carbocycles. The van der Waals surface area contributed by atoms with Crippen LogP contribution < -0.4 is 14.8 Å². The normalized spacial score (nSPS) is 14.6. The first-order chi connectivity index (χ1) is 15.8. The van der Waals surface area contributed by atoms with Crippen molar-refractivity contribution in [2.75, 3.05) is 13.7 Å². The second kappa shape index (κ2) is 11.2. The average Bonchev–Trinajstić information content (AvgIpc) is 3.31. The number of aryl methyl sites for hydroxylation is 2. The number of methoxy groups -OCH3 is 1. The number of hydrogen-bond donors (Lipinski definition) is 1. The Morgan fingerprint density at radius 1 is 1.12 bits per heavy atom. The van der Waals surface area contributed by atoms with Gasteiger partial charge in [0.25, 0.3) is 5.91 Å². The van der Waals surface area contributed by atoms with Crippen LogP contribution >= 0.6 is 0 Å². The summed E-state index contributed by atoms with van der Waals surface area (Å²) in [4.78, 5) is 27.9. The minimum absolute atomic E-state index is 0.124. The number of hydrogen-bond acceptors (Lipinski definition) is 4. The van der Waals surface area contributed by atoms with E-state index in [1.54, 1.807) is 18.9 Å². The Morgan fingerprint density at radius 3 is 2.55 bits per heavy atom. The maximum atomic E-state index is 13.3. The van der Waals surface area contributed by atoms with E-state index in [0.717, 1.165) is 47.9 Å². The second-order valence-electron chi connectivity index (χ2n) is 9.03. The number of ether oxygens (including phenoxy) is 2. The summed E-state index contributed by atoms with van der Waals surface area (Å²) in [5, 5.41) is 3.12. The van der Waals surface area contributed by atoms with Crippen molar-refractivity contribution in [2.45, 2.75) is 72.0 Å². The molecule has 0 radical (unpaired) electrons. The molecule has 6 nitrogen and oxygen atoms in total. The van der Waals surface area contributed by atoms with Gasteiger partial charge in [-0.3, -0.25) is 9.59 Å². The predicted octanol–water partition coefficient (Wildman–Crippen LogP) is 4.48. The van der Waals surface area contributed by atoms with E-state index in [4.69, 9.17) is 9.47 Å². The van der Waals surface area contributed by atoms with Gasteiger partial charge in [0.05, 0.1) is 7.11 Å². The van der Waals surface area contributed by atoms with Gasteiger partial charge in [-0.05, 0) is 81.0 Å². The predicted molar refractivity (Wildman–Crippen MR) is 130 cm³/mol. The van der Waals surface area contributed by atoms with Crippen LogP contribution in [0, 0.1) is 20.8 Å². The fourth-order valence-electron chi connectivity index (χ4n) is 4.32. The third-order valence-electron chi connectivity index (χ3n) is 6.47. The average molecular weight is 453 g/mol. The van der Waals surface area contributed by atoms with Crippen LogP contribution in [0.4, 0.5) is 0 Å². The molecule has 3 rings (SSSR count). The van der Waals surface area contributed by atoms with Crippen molar-refractivity contribution in [3.63, 3.8) is 0 Å². The molecule has 2 aromatic rings. The molecule has 0 saturated heterocycles. The molecule has 0 bridgehead atoms. The first kappa shape index (κ1) is 24.6. The van der Waals surface area contributed by atoms with E-state index in [0.29, 0.717) is 18.0 Å². The van der Waals surface area contributed by atoms with Crippen molar-refractivity contribution in [3.8, 4) is 11.5 Å². The fourth-order valence-corrected chi connectivity index (χ4v) is 4.32. The Bertz CT molecular complexity index is 982. The van der Waals surface area contributed by atoms with E-state index in [2.05, 4.69) is 11.4 Å². The zero-order chi connectivity index (χ0) is 24.0. The lowest BCUT2D eigenvalue weighted by molar-refractivity contribution is -0.142. The Labute approximate surface area is 197 Å². The second-order valence-corrected chi connectivity index (χ2v) is 9.03. The molecule has 2 aromatic carbocycles. The molecule has 0 aliphatic heterocycles. The van der Waals surface area contributed by atoms with E-state index >= 15 is 0 Å². The van der Waals surface area contributed by atoms with Crippen LogP contribution in [0.3, 0.4) is 0 Å². The summed E-state index contributed by atoms with van der Waals surface area (Å²) in [6.07, 6.45) is 4.26. The van der Waals surface area contributed by atoms with Gasteiger partial charge < -0.3 is 19.7 Å². The lowest BCUT2D eigenvalue weighted by atomic mass is 10.1. The topological polar surface area (TPSA) is 67.9 Å². The number of carbonyl (C=O) groups is 2. The van der Waals surface area contributed by atoms with Gasteiger partial charge >= 0.3 is 0 Å². The minimum atomic E-state index is -0.617. The molecule has 1 N–H and O–H groups in total. The SMILES string of the molecule is COc1cccc(CN(C(=O)COc2cc(C)cc(C)c2C)C(C)C(=O)NC2CCCC2)c1. The molecule has 1 atom stereocenters. The number of carbonyl (C=O) groups excluding carboxylic acids is 2. The molecular weight excluding hydrogens is 416 g/mol. The van der Waals surface area contributed by atoms with E-state index in [1.165, 1.54) is 0 Å². The molecule has 1 unspecified atom stereocenters. The molecular formula is C27H36N2O4. The Balaban J connectivity index is 1.77. The van der Waals surface area contributed by atoms with E-state index in [-0.39, 0.29) is 24.5 Å². The quantitative estimate of drug-likeness (QED) is 0.609. The lowest BCUT2D eigenvalue weighted by Crippen LogP contribution is -2.50. The van der Waals surface area contributed by atoms with Crippen molar-refractivity contribution in [3.05, 3.63) is 58.7 Å². The minimum Gasteiger partial charge on any atom is -0.497 e. The number of nitrogens with zero attached hydrogens (tertiary/aromatic N) is 1. The summed E-state index contributed by atoms with van der Waals surface area (Å²) in [6, 6.07) is 11.2. The molecule has 0 aromatic heterocycles. The smallest absolute Gasteiger partial charge is 0.261 e. The molecule has 1 aliphatic carbocycles. The first-order valence-corrected chi connectivity index (χ1v) is 11.7. The highest BCUT2D eigenvalue weighted by molar-refractivity contribution is 5.88. The van der Waals surface area contributed by atoms with E-state index in [1.807, 2.05) is 51.1 Å². The lowest BCUT2D eigenvalue weighted by Gasteiger charge is -2.30. The summed E-state index contributed by atoms with van der Waals surface area (Å²) in [6.45, 7) is 7.97. The first-order valence-electron chi connectivity index (χ1n) is 11.7. The van der Waals surface area contributed by atoms with Crippen molar-refractivity contribution in [1.29, 1.82) is 0 Å². The maximum Gasteiger partial charge on any atom is 0.261 e. The van der Waals surface area contributed by atoms with Gasteiger partial charge in [-0.1, -0.05) is 31.0 Å². The van der Waals surface area contributed by atoms with Crippen LogP contribution in [0.25, 0.3) is 0 Å². The summed E-state index contributed by atoms with van der Waals surface area (Å²) >= 11 is 0. The molecule has 0 spiro atoms. The zero-order valence-corrected chi connectivity index (χ0v) is 20.4. The molecule has 1 fully saturated rings.